The van der Waals surface area contributed by atoms with E-state index in [1.165, 1.54) is 23.1 Å². The second-order valence-corrected chi connectivity index (χ2v) is 2.31. The van der Waals surface area contributed by atoms with E-state index in [9.17, 15) is 0 Å². The SMILES string of the molecule is N#CSC1=CCC1. The zero-order valence-corrected chi connectivity index (χ0v) is 4.66. The fraction of sp³-hybridized carbons (Fsp3) is 0.400. The third-order valence-corrected chi connectivity index (χ3v) is 1.66. The van der Waals surface area contributed by atoms with Crippen LogP contribution in [0, 0.1) is 10.7 Å². The van der Waals surface area contributed by atoms with Crippen LogP contribution in [0.1, 0.15) is 12.8 Å². The Morgan fingerprint density at radius 2 is 2.57 bits per heavy atom. The van der Waals surface area contributed by atoms with Crippen molar-refractivity contribution in [2.75, 3.05) is 0 Å². The lowest BCUT2D eigenvalue weighted by atomic mass is 10.1. The first-order chi connectivity index (χ1) is 3.43. The van der Waals surface area contributed by atoms with Crippen LogP contribution in [-0.2, 0) is 0 Å². The lowest BCUT2D eigenvalue weighted by Crippen LogP contribution is -1.85. The van der Waals surface area contributed by atoms with E-state index >= 15 is 0 Å². The summed E-state index contributed by atoms with van der Waals surface area (Å²) in [6.45, 7) is 0. The van der Waals surface area contributed by atoms with Crippen molar-refractivity contribution < 1.29 is 0 Å². The van der Waals surface area contributed by atoms with E-state index < -0.39 is 0 Å². The molecule has 0 aromatic carbocycles. The van der Waals surface area contributed by atoms with Gasteiger partial charge in [0.25, 0.3) is 0 Å². The molecule has 0 atom stereocenters. The molecular formula is C5H5NS. The summed E-state index contributed by atoms with van der Waals surface area (Å²) in [6.07, 6.45) is 4.39. The molecule has 36 valence electrons. The first kappa shape index (κ1) is 4.73. The molecular weight excluding hydrogens is 106 g/mol. The number of nitriles is 1. The van der Waals surface area contributed by atoms with Crippen LogP contribution in [0.2, 0.25) is 0 Å². The number of hydrogen-bond donors (Lipinski definition) is 0. The minimum atomic E-state index is 1.12. The highest BCUT2D eigenvalue weighted by molar-refractivity contribution is 8.07. The highest BCUT2D eigenvalue weighted by Crippen LogP contribution is 2.28. The maximum Gasteiger partial charge on any atom is 0.138 e. The second kappa shape index (κ2) is 2.04. The summed E-state index contributed by atoms with van der Waals surface area (Å²) < 4.78 is 0. The average Bonchev–Trinajstić information content (AvgIpc) is 1.55. The molecule has 1 nitrogen and oxygen atoms in total. The van der Waals surface area contributed by atoms with E-state index in [2.05, 4.69) is 6.08 Å². The Bertz CT molecular complexity index is 132. The quantitative estimate of drug-likeness (QED) is 0.482. The van der Waals surface area contributed by atoms with Crippen LogP contribution in [0.25, 0.3) is 0 Å². The first-order valence-electron chi connectivity index (χ1n) is 2.18. The predicted molar refractivity (Wildman–Crippen MR) is 30.5 cm³/mol. The van der Waals surface area contributed by atoms with Gasteiger partial charge in [0.05, 0.1) is 0 Å². The minimum Gasteiger partial charge on any atom is -0.185 e. The third kappa shape index (κ3) is 0.971. The molecule has 0 amide bonds. The van der Waals surface area contributed by atoms with Gasteiger partial charge in [0.15, 0.2) is 0 Å². The Morgan fingerprint density at radius 1 is 1.86 bits per heavy atom. The number of allylic oxidation sites excluding steroid dienone is 2. The molecule has 1 aliphatic rings. The number of nitrogens with zero attached hydrogens (tertiary/aromatic N) is 1. The van der Waals surface area contributed by atoms with Gasteiger partial charge >= 0.3 is 0 Å². The van der Waals surface area contributed by atoms with E-state index in [0.29, 0.717) is 0 Å². The Balaban J connectivity index is 2.31. The minimum absolute atomic E-state index is 1.12. The Kier molecular flexibility index (Phi) is 1.38. The summed E-state index contributed by atoms with van der Waals surface area (Å²) in [5.74, 6) is 0. The van der Waals surface area contributed by atoms with Gasteiger partial charge in [0, 0.05) is 0 Å². The predicted octanol–water partition coefficient (Wildman–Crippen LogP) is 1.88. The van der Waals surface area contributed by atoms with Crippen LogP contribution < -0.4 is 0 Å². The van der Waals surface area contributed by atoms with Crippen molar-refractivity contribution in [2.45, 2.75) is 12.8 Å². The second-order valence-electron chi connectivity index (χ2n) is 1.40. The molecule has 0 bridgehead atoms. The molecule has 1 rings (SSSR count). The normalized spacial score (nSPS) is 16.7. The van der Waals surface area contributed by atoms with Crippen LogP contribution in [0.4, 0.5) is 0 Å². The van der Waals surface area contributed by atoms with Gasteiger partial charge in [-0.15, -0.1) is 0 Å². The molecule has 0 saturated heterocycles. The lowest BCUT2D eigenvalue weighted by Gasteiger charge is -2.06. The van der Waals surface area contributed by atoms with Crippen LogP contribution >= 0.6 is 11.8 Å². The van der Waals surface area contributed by atoms with Gasteiger partial charge in [0.2, 0.25) is 0 Å². The topological polar surface area (TPSA) is 23.8 Å². The van der Waals surface area contributed by atoms with Crippen molar-refractivity contribution in [1.82, 2.24) is 0 Å². The monoisotopic (exact) mass is 111 g/mol. The molecule has 0 saturated carbocycles. The van der Waals surface area contributed by atoms with Crippen molar-refractivity contribution >= 4 is 11.8 Å². The number of thiocyanates is 1. The van der Waals surface area contributed by atoms with Gasteiger partial charge in [-0.05, 0) is 29.5 Å². The summed E-state index contributed by atoms with van der Waals surface area (Å²) >= 11 is 1.28. The fourth-order valence-corrected chi connectivity index (χ4v) is 0.952. The number of thioether (sulfide) groups is 1. The first-order valence-corrected chi connectivity index (χ1v) is 3.00. The van der Waals surface area contributed by atoms with Gasteiger partial charge in [-0.25, -0.2) is 0 Å². The van der Waals surface area contributed by atoms with Crippen molar-refractivity contribution in [2.24, 2.45) is 0 Å². The average molecular weight is 111 g/mol. The zero-order valence-electron chi connectivity index (χ0n) is 3.85. The van der Waals surface area contributed by atoms with Gasteiger partial charge < -0.3 is 0 Å². The summed E-state index contributed by atoms with van der Waals surface area (Å²) in [5.41, 5.74) is 0. The van der Waals surface area contributed by atoms with Crippen LogP contribution in [0.5, 0.6) is 0 Å². The molecule has 0 aromatic rings. The molecule has 0 fully saturated rings. The molecule has 2 heteroatoms. The molecule has 0 heterocycles. The molecule has 0 N–H and O–H groups in total. The molecule has 0 unspecified atom stereocenters. The van der Waals surface area contributed by atoms with Crippen molar-refractivity contribution in [3.05, 3.63) is 11.0 Å². The lowest BCUT2D eigenvalue weighted by molar-refractivity contribution is 0.943. The summed E-state index contributed by atoms with van der Waals surface area (Å²) in [6, 6.07) is 0. The van der Waals surface area contributed by atoms with Gasteiger partial charge in [0.1, 0.15) is 5.40 Å². The Morgan fingerprint density at radius 3 is 2.71 bits per heavy atom. The molecule has 0 radical (unpaired) electrons. The molecule has 0 aromatic heterocycles. The van der Waals surface area contributed by atoms with Crippen LogP contribution in [0.3, 0.4) is 0 Å². The smallest absolute Gasteiger partial charge is 0.138 e. The van der Waals surface area contributed by atoms with Crippen molar-refractivity contribution in [1.29, 1.82) is 5.26 Å². The maximum atomic E-state index is 8.07. The molecule has 0 spiro atoms. The van der Waals surface area contributed by atoms with Crippen LogP contribution in [0.15, 0.2) is 11.0 Å². The standard InChI is InChI=1S/C5H5NS/c6-4-7-5-2-1-3-5/h2H,1,3H2. The number of rotatable bonds is 1. The van der Waals surface area contributed by atoms with Crippen molar-refractivity contribution in [3.8, 4) is 5.40 Å². The fourth-order valence-electron chi connectivity index (χ4n) is 0.414. The van der Waals surface area contributed by atoms with E-state index in [4.69, 9.17) is 5.26 Å². The van der Waals surface area contributed by atoms with Crippen LogP contribution in [-0.4, -0.2) is 0 Å². The van der Waals surface area contributed by atoms with E-state index in [-0.39, 0.29) is 0 Å². The van der Waals surface area contributed by atoms with Gasteiger partial charge in [-0.1, -0.05) is 6.08 Å². The molecule has 0 aliphatic heterocycles. The summed E-state index contributed by atoms with van der Waals surface area (Å²) in [5, 5.41) is 10.1. The maximum absolute atomic E-state index is 8.07. The summed E-state index contributed by atoms with van der Waals surface area (Å²) in [7, 11) is 0. The van der Waals surface area contributed by atoms with E-state index in [0.717, 1.165) is 6.42 Å². The molecule has 7 heavy (non-hydrogen) atoms. The largest absolute Gasteiger partial charge is 0.185 e. The zero-order chi connectivity index (χ0) is 5.11. The van der Waals surface area contributed by atoms with E-state index in [1.807, 2.05) is 5.40 Å². The van der Waals surface area contributed by atoms with Gasteiger partial charge in [-0.3, -0.25) is 0 Å². The highest BCUT2D eigenvalue weighted by Gasteiger charge is 2.03. The number of hydrogen-bond acceptors (Lipinski definition) is 2. The third-order valence-electron chi connectivity index (χ3n) is 0.939. The molecule has 1 aliphatic carbocycles. The highest BCUT2D eigenvalue weighted by atomic mass is 32.2. The van der Waals surface area contributed by atoms with Crippen molar-refractivity contribution in [3.63, 3.8) is 0 Å². The Labute approximate surface area is 47.0 Å². The van der Waals surface area contributed by atoms with E-state index in [1.54, 1.807) is 0 Å². The van der Waals surface area contributed by atoms with Gasteiger partial charge in [-0.2, -0.15) is 5.26 Å². The summed E-state index contributed by atoms with van der Waals surface area (Å²) in [4.78, 5) is 1.24. The Hall–Kier alpha value is -0.420.